The van der Waals surface area contributed by atoms with Gasteiger partial charge in [-0.2, -0.15) is 0 Å². The number of fused-ring (bicyclic) bond motifs is 1. The molecule has 1 aromatic heterocycles. The lowest BCUT2D eigenvalue weighted by atomic mass is 10.0. The minimum Gasteiger partial charge on any atom is -0.485 e. The molecule has 1 saturated heterocycles. The van der Waals surface area contributed by atoms with Gasteiger partial charge in [0.2, 0.25) is 11.8 Å². The summed E-state index contributed by atoms with van der Waals surface area (Å²) < 4.78 is 5.97. The molecule has 3 atom stereocenters. The number of nitrogens with zero attached hydrogens (tertiary/aromatic N) is 3. The van der Waals surface area contributed by atoms with Crippen molar-refractivity contribution in [1.29, 1.82) is 0 Å². The highest BCUT2D eigenvalue weighted by molar-refractivity contribution is 7.13. The summed E-state index contributed by atoms with van der Waals surface area (Å²) in [6.45, 7) is 9.62. The lowest BCUT2D eigenvalue weighted by Crippen LogP contribution is -2.55. The van der Waals surface area contributed by atoms with Crippen molar-refractivity contribution < 1.29 is 29.0 Å². The van der Waals surface area contributed by atoms with Gasteiger partial charge in [-0.3, -0.25) is 19.2 Å². The van der Waals surface area contributed by atoms with Crippen molar-refractivity contribution in [2.24, 2.45) is 11.8 Å². The smallest absolute Gasteiger partial charge is 0.255 e. The van der Waals surface area contributed by atoms with Gasteiger partial charge in [-0.25, -0.2) is 4.98 Å². The third-order valence-corrected chi connectivity index (χ3v) is 9.45. The first-order valence-electron chi connectivity index (χ1n) is 15.3. The zero-order valence-electron chi connectivity index (χ0n) is 26.3. The summed E-state index contributed by atoms with van der Waals surface area (Å²) in [7, 11) is 0. The number of aliphatic hydroxyl groups excluding tert-OH is 1. The highest BCUT2D eigenvalue weighted by atomic mass is 32.1. The minimum atomic E-state index is -0.903. The highest BCUT2D eigenvalue weighted by Gasteiger charge is 2.45. The summed E-state index contributed by atoms with van der Waals surface area (Å²) in [5.74, 6) is -0.950. The summed E-state index contributed by atoms with van der Waals surface area (Å²) in [5.41, 5.74) is 5.66. The third-order valence-electron chi connectivity index (χ3n) is 8.48. The van der Waals surface area contributed by atoms with Crippen molar-refractivity contribution in [3.8, 4) is 16.2 Å². The van der Waals surface area contributed by atoms with Crippen LogP contribution in [0, 0.1) is 18.8 Å². The first-order valence-corrected chi connectivity index (χ1v) is 16.2. The van der Waals surface area contributed by atoms with Crippen LogP contribution in [0.4, 0.5) is 0 Å². The van der Waals surface area contributed by atoms with Gasteiger partial charge < -0.3 is 25.0 Å². The average molecular weight is 633 g/mol. The number of hydrogen-bond donors (Lipinski definition) is 2. The first-order chi connectivity index (χ1) is 21.5. The van der Waals surface area contributed by atoms with E-state index >= 15 is 0 Å². The zero-order chi connectivity index (χ0) is 32.4. The number of aryl methyl sites for hydroxylation is 1. The number of ether oxygens (including phenoxy) is 1. The summed E-state index contributed by atoms with van der Waals surface area (Å²) in [4.78, 5) is 61.6. The van der Waals surface area contributed by atoms with Crippen molar-refractivity contribution in [3.05, 3.63) is 70.4 Å². The van der Waals surface area contributed by atoms with Crippen LogP contribution in [0.3, 0.4) is 0 Å². The molecule has 0 bridgehead atoms. The number of aromatic nitrogens is 1. The molecular formula is C34H40N4O6S. The Kier molecular flexibility index (Phi) is 9.69. The Hall–Kier alpha value is -4.09. The van der Waals surface area contributed by atoms with Crippen molar-refractivity contribution in [2.75, 3.05) is 13.2 Å². The Morgan fingerprint density at radius 2 is 1.89 bits per heavy atom. The maximum absolute atomic E-state index is 14.0. The molecule has 1 fully saturated rings. The third kappa shape index (κ3) is 6.79. The number of amides is 3. The molecule has 0 radical (unpaired) electrons. The molecule has 2 aliphatic heterocycles. The highest BCUT2D eigenvalue weighted by Crippen LogP contribution is 2.33. The van der Waals surface area contributed by atoms with Gasteiger partial charge in [-0.05, 0) is 36.1 Å². The number of thiazole rings is 1. The second kappa shape index (κ2) is 13.5. The number of benzene rings is 2. The molecule has 3 heterocycles. The Balaban J connectivity index is 1.33. The van der Waals surface area contributed by atoms with E-state index in [2.05, 4.69) is 10.3 Å². The van der Waals surface area contributed by atoms with E-state index in [1.54, 1.807) is 22.5 Å². The quantitative estimate of drug-likeness (QED) is 0.327. The number of nitrogens with one attached hydrogen (secondary N) is 1. The first kappa shape index (κ1) is 32.3. The van der Waals surface area contributed by atoms with Crippen LogP contribution in [0.2, 0.25) is 0 Å². The Morgan fingerprint density at radius 1 is 1.13 bits per heavy atom. The molecule has 2 N–H and O–H groups in total. The molecule has 0 unspecified atom stereocenters. The van der Waals surface area contributed by atoms with Crippen LogP contribution < -0.4 is 10.1 Å². The lowest BCUT2D eigenvalue weighted by molar-refractivity contribution is -0.143. The van der Waals surface area contributed by atoms with E-state index in [-0.39, 0.29) is 55.6 Å². The van der Waals surface area contributed by atoms with Gasteiger partial charge in [-0.15, -0.1) is 11.3 Å². The van der Waals surface area contributed by atoms with E-state index < -0.39 is 24.1 Å². The summed E-state index contributed by atoms with van der Waals surface area (Å²) in [6, 6.07) is 11.2. The molecular weight excluding hydrogens is 592 g/mol. The van der Waals surface area contributed by atoms with Crippen LogP contribution in [0.25, 0.3) is 10.4 Å². The average Bonchev–Trinajstić information content (AvgIpc) is 3.71. The van der Waals surface area contributed by atoms with Gasteiger partial charge in [0.15, 0.2) is 5.78 Å². The molecule has 5 rings (SSSR count). The fourth-order valence-corrected chi connectivity index (χ4v) is 6.73. The maximum atomic E-state index is 14.0. The lowest BCUT2D eigenvalue weighted by Gasteiger charge is -2.35. The van der Waals surface area contributed by atoms with E-state index in [1.165, 1.54) is 16.2 Å². The number of Topliss-reactive ketones (excluding diaryl/α,β-unsaturated/α-hetero) is 1. The van der Waals surface area contributed by atoms with Crippen LogP contribution in [-0.4, -0.2) is 74.7 Å². The van der Waals surface area contributed by atoms with Crippen LogP contribution in [0.5, 0.6) is 5.75 Å². The molecule has 238 valence electrons. The normalized spacial score (nSPS) is 18.4. The fourth-order valence-electron chi connectivity index (χ4n) is 5.93. The maximum Gasteiger partial charge on any atom is 0.255 e. The topological polar surface area (TPSA) is 129 Å². The molecule has 0 saturated carbocycles. The molecule has 3 amide bonds. The molecule has 2 aromatic carbocycles. The van der Waals surface area contributed by atoms with Gasteiger partial charge in [0.05, 0.1) is 22.2 Å². The molecule has 10 nitrogen and oxygen atoms in total. The second-order valence-electron chi connectivity index (χ2n) is 12.4. The number of rotatable bonds is 11. The van der Waals surface area contributed by atoms with Crippen molar-refractivity contribution >= 4 is 34.8 Å². The van der Waals surface area contributed by atoms with Crippen molar-refractivity contribution in [3.63, 3.8) is 0 Å². The van der Waals surface area contributed by atoms with E-state index in [0.29, 0.717) is 23.4 Å². The van der Waals surface area contributed by atoms with E-state index in [0.717, 1.165) is 21.7 Å². The predicted molar refractivity (Wildman–Crippen MR) is 171 cm³/mol. The van der Waals surface area contributed by atoms with Crippen LogP contribution in [0.1, 0.15) is 61.3 Å². The molecule has 3 aromatic rings. The zero-order valence-corrected chi connectivity index (χ0v) is 27.1. The van der Waals surface area contributed by atoms with Gasteiger partial charge in [0.25, 0.3) is 5.91 Å². The Labute approximate surface area is 267 Å². The van der Waals surface area contributed by atoms with Gasteiger partial charge in [0.1, 0.15) is 24.4 Å². The SMILES string of the molecule is Cc1ncsc1-c1ccc(CNC(=O)[C@@H]2C[C@@H](O)CN2C(=O)[C@H](C(C)C)N2Cc3ccccc3C2=O)c(OCC(=O)C(C)C)c1. The molecule has 45 heavy (non-hydrogen) atoms. The van der Waals surface area contributed by atoms with Crippen LogP contribution >= 0.6 is 11.3 Å². The molecule has 2 aliphatic rings. The number of hydrogen-bond acceptors (Lipinski definition) is 8. The monoisotopic (exact) mass is 632 g/mol. The van der Waals surface area contributed by atoms with Crippen LogP contribution in [-0.2, 0) is 27.5 Å². The Morgan fingerprint density at radius 3 is 2.56 bits per heavy atom. The number of likely N-dealkylation sites (tertiary alicyclic amines) is 1. The largest absolute Gasteiger partial charge is 0.485 e. The van der Waals surface area contributed by atoms with E-state index in [4.69, 9.17) is 4.74 Å². The molecule has 0 spiro atoms. The summed E-state index contributed by atoms with van der Waals surface area (Å²) >= 11 is 1.51. The van der Waals surface area contributed by atoms with Crippen molar-refractivity contribution in [1.82, 2.24) is 20.1 Å². The summed E-state index contributed by atoms with van der Waals surface area (Å²) in [6.07, 6.45) is -0.779. The number of carbonyl (C=O) groups is 4. The summed E-state index contributed by atoms with van der Waals surface area (Å²) in [5, 5.41) is 13.5. The molecule has 0 aliphatic carbocycles. The predicted octanol–water partition coefficient (Wildman–Crippen LogP) is 3.98. The second-order valence-corrected chi connectivity index (χ2v) is 13.2. The Bertz CT molecular complexity index is 1600. The van der Waals surface area contributed by atoms with Gasteiger partial charge in [0, 0.05) is 43.1 Å². The van der Waals surface area contributed by atoms with E-state index in [1.807, 2.05) is 65.0 Å². The number of aliphatic hydroxyl groups is 1. The standard InChI is InChI=1S/C34H40N4O6S/c1-19(2)28(40)17-44-29-12-22(31-21(5)36-18-45-31)10-11-23(29)14-35-32(41)27-13-25(39)16-37(27)34(43)30(20(3)4)38-15-24-8-6-7-9-26(24)33(38)42/h6-12,18-20,25,27,30,39H,13-17H2,1-5H3,(H,35,41)/t25-,27+,30+/m1/s1. The van der Waals surface area contributed by atoms with Gasteiger partial charge >= 0.3 is 0 Å². The number of β-amino-alcohol motifs (C(OH)–C–C–N with tert-alkyl or cyclic N) is 1. The van der Waals surface area contributed by atoms with Crippen LogP contribution in [0.15, 0.2) is 48.0 Å². The minimum absolute atomic E-state index is 0.00366. The van der Waals surface area contributed by atoms with Crippen molar-refractivity contribution in [2.45, 2.75) is 72.3 Å². The van der Waals surface area contributed by atoms with E-state index in [9.17, 15) is 24.3 Å². The number of ketones is 1. The molecule has 11 heteroatoms. The fraction of sp³-hybridized carbons (Fsp3) is 0.441. The van der Waals surface area contributed by atoms with Gasteiger partial charge in [-0.1, -0.05) is 58.0 Å². The number of carbonyl (C=O) groups excluding carboxylic acids is 4.